The van der Waals surface area contributed by atoms with Crippen LogP contribution < -0.4 is 5.32 Å². The number of rotatable bonds is 6. The third-order valence-electron chi connectivity index (χ3n) is 2.41. The predicted molar refractivity (Wildman–Crippen MR) is 55.4 cm³/mol. The minimum absolute atomic E-state index is 0.0804. The Morgan fingerprint density at radius 1 is 1.33 bits per heavy atom. The molecule has 0 saturated carbocycles. The van der Waals surface area contributed by atoms with Gasteiger partial charge in [-0.05, 0) is 13.0 Å². The van der Waals surface area contributed by atoms with E-state index < -0.39 is 24.6 Å². The summed E-state index contributed by atoms with van der Waals surface area (Å²) >= 11 is 0. The fourth-order valence-electron chi connectivity index (χ4n) is 1.45. The van der Waals surface area contributed by atoms with E-state index in [9.17, 15) is 22.0 Å². The molecule has 0 aliphatic carbocycles. The highest BCUT2D eigenvalue weighted by molar-refractivity contribution is 4.98. The molecule has 1 aromatic rings. The lowest BCUT2D eigenvalue weighted by Gasteiger charge is -2.28. The number of nitrogens with zero attached hydrogens (tertiary/aromatic N) is 1. The maximum Gasteiger partial charge on any atom is 0.454 e. The van der Waals surface area contributed by atoms with Crippen LogP contribution in [-0.4, -0.2) is 34.7 Å². The molecule has 1 heterocycles. The van der Waals surface area contributed by atoms with Crippen molar-refractivity contribution in [2.45, 2.75) is 37.9 Å². The van der Waals surface area contributed by atoms with E-state index in [1.807, 2.05) is 0 Å². The summed E-state index contributed by atoms with van der Waals surface area (Å²) in [5.41, 5.74) is 0. The van der Waals surface area contributed by atoms with Crippen LogP contribution in [-0.2, 0) is 6.42 Å². The van der Waals surface area contributed by atoms with Gasteiger partial charge in [0.15, 0.2) is 0 Å². The molecule has 1 atom stereocenters. The molecule has 0 saturated heterocycles. The van der Waals surface area contributed by atoms with Gasteiger partial charge >= 0.3 is 12.1 Å². The molecule has 0 aromatic carbocycles. The molecular formula is C10H14F5N3. The van der Waals surface area contributed by atoms with Gasteiger partial charge in [0.2, 0.25) is 0 Å². The number of hydrogen-bond donors (Lipinski definition) is 2. The summed E-state index contributed by atoms with van der Waals surface area (Å²) in [6.45, 7) is 1.76. The topological polar surface area (TPSA) is 40.7 Å². The third-order valence-corrected chi connectivity index (χ3v) is 2.41. The smallest absolute Gasteiger partial charge is 0.349 e. The number of nitrogens with one attached hydrogen (secondary N) is 2. The average molecular weight is 271 g/mol. The van der Waals surface area contributed by atoms with E-state index in [0.29, 0.717) is 6.42 Å². The van der Waals surface area contributed by atoms with Gasteiger partial charge in [-0.1, -0.05) is 6.92 Å². The number of H-pyrrole nitrogens is 1. The van der Waals surface area contributed by atoms with E-state index in [0.717, 1.165) is 0 Å². The number of imidazole rings is 1. The average Bonchev–Trinajstić information content (AvgIpc) is 2.75. The van der Waals surface area contributed by atoms with Crippen LogP contribution in [0.15, 0.2) is 12.4 Å². The van der Waals surface area contributed by atoms with Gasteiger partial charge in [-0.25, -0.2) is 4.98 Å². The van der Waals surface area contributed by atoms with Gasteiger partial charge in [0.1, 0.15) is 5.82 Å². The third kappa shape index (κ3) is 3.41. The molecule has 1 unspecified atom stereocenters. The van der Waals surface area contributed by atoms with Crippen molar-refractivity contribution in [3.05, 3.63) is 18.2 Å². The van der Waals surface area contributed by atoms with Crippen LogP contribution in [0.5, 0.6) is 0 Å². The first-order valence-electron chi connectivity index (χ1n) is 5.45. The summed E-state index contributed by atoms with van der Waals surface area (Å²) in [6, 6.07) is -2.02. The second-order valence-electron chi connectivity index (χ2n) is 3.87. The van der Waals surface area contributed by atoms with E-state index in [1.54, 1.807) is 6.92 Å². The van der Waals surface area contributed by atoms with Gasteiger partial charge in [-0.2, -0.15) is 22.0 Å². The Kier molecular flexibility index (Phi) is 4.66. The quantitative estimate of drug-likeness (QED) is 0.780. The molecule has 1 rings (SSSR count). The zero-order valence-corrected chi connectivity index (χ0v) is 9.69. The molecule has 104 valence electrons. The zero-order chi connectivity index (χ0) is 13.8. The van der Waals surface area contributed by atoms with Crippen LogP contribution in [0.2, 0.25) is 0 Å². The van der Waals surface area contributed by atoms with Crippen molar-refractivity contribution < 1.29 is 22.0 Å². The molecule has 0 amide bonds. The molecule has 0 radical (unpaired) electrons. The first-order valence-corrected chi connectivity index (χ1v) is 5.45. The van der Waals surface area contributed by atoms with Crippen molar-refractivity contribution >= 4 is 0 Å². The van der Waals surface area contributed by atoms with Crippen molar-refractivity contribution in [2.24, 2.45) is 0 Å². The summed E-state index contributed by atoms with van der Waals surface area (Å²) < 4.78 is 63.5. The number of hydrogen-bond acceptors (Lipinski definition) is 2. The number of halogens is 5. The molecule has 0 aliphatic rings. The van der Waals surface area contributed by atoms with Gasteiger partial charge in [0.05, 0.1) is 6.04 Å². The van der Waals surface area contributed by atoms with Crippen LogP contribution in [0.25, 0.3) is 0 Å². The van der Waals surface area contributed by atoms with E-state index in [2.05, 4.69) is 15.3 Å². The molecule has 0 fully saturated rings. The van der Waals surface area contributed by atoms with Crippen molar-refractivity contribution in [1.29, 1.82) is 0 Å². The Hall–Kier alpha value is -1.18. The van der Waals surface area contributed by atoms with E-state index in [1.165, 1.54) is 12.4 Å². The van der Waals surface area contributed by atoms with E-state index >= 15 is 0 Å². The summed E-state index contributed by atoms with van der Waals surface area (Å²) in [4.78, 5) is 6.18. The monoisotopic (exact) mass is 271 g/mol. The summed E-state index contributed by atoms with van der Waals surface area (Å²) in [7, 11) is 0. The summed E-state index contributed by atoms with van der Waals surface area (Å²) in [5.74, 6) is -4.71. The van der Waals surface area contributed by atoms with E-state index in [4.69, 9.17) is 0 Å². The molecule has 0 spiro atoms. The fraction of sp³-hybridized carbons (Fsp3) is 0.700. The molecule has 2 N–H and O–H groups in total. The Balaban J connectivity index is 2.83. The van der Waals surface area contributed by atoms with Crippen molar-refractivity contribution in [3.63, 3.8) is 0 Å². The standard InChI is InChI=1S/C10H14F5N3/c1-2-3-16-7(6-8-17-4-5-18-8)9(11,12)10(13,14)15/h4-5,7,16H,2-3,6H2,1H3,(H,17,18). The normalized spacial score (nSPS) is 14.8. The van der Waals surface area contributed by atoms with Gasteiger partial charge in [-0.15, -0.1) is 0 Å². The SMILES string of the molecule is CCCNC(Cc1ncc[nH]1)C(F)(F)C(F)(F)F. The van der Waals surface area contributed by atoms with Gasteiger partial charge in [0.25, 0.3) is 0 Å². The molecule has 1 aromatic heterocycles. The van der Waals surface area contributed by atoms with Crippen LogP contribution in [0.4, 0.5) is 22.0 Å². The lowest BCUT2D eigenvalue weighted by molar-refractivity contribution is -0.292. The number of aromatic nitrogens is 2. The largest absolute Gasteiger partial charge is 0.454 e. The van der Waals surface area contributed by atoms with Crippen molar-refractivity contribution in [1.82, 2.24) is 15.3 Å². The molecule has 0 aliphatic heterocycles. The second kappa shape index (κ2) is 5.64. The fourth-order valence-corrected chi connectivity index (χ4v) is 1.45. The van der Waals surface area contributed by atoms with Gasteiger partial charge < -0.3 is 10.3 Å². The van der Waals surface area contributed by atoms with Crippen LogP contribution in [0.3, 0.4) is 0 Å². The Bertz CT molecular complexity index is 347. The summed E-state index contributed by atoms with van der Waals surface area (Å²) in [5, 5.41) is 2.22. The highest BCUT2D eigenvalue weighted by Gasteiger charge is 2.62. The second-order valence-corrected chi connectivity index (χ2v) is 3.87. The van der Waals surface area contributed by atoms with E-state index in [-0.39, 0.29) is 12.4 Å². The number of alkyl halides is 5. The first-order chi connectivity index (χ1) is 8.29. The lowest BCUT2D eigenvalue weighted by atomic mass is 10.1. The van der Waals surface area contributed by atoms with Gasteiger partial charge in [0, 0.05) is 18.8 Å². The molecule has 8 heteroatoms. The summed E-state index contributed by atoms with van der Waals surface area (Å²) in [6.07, 6.45) is -2.96. The predicted octanol–water partition coefficient (Wildman–Crippen LogP) is 2.52. The first kappa shape index (κ1) is 14.9. The molecule has 3 nitrogen and oxygen atoms in total. The molecule has 0 bridgehead atoms. The van der Waals surface area contributed by atoms with Crippen molar-refractivity contribution in [3.8, 4) is 0 Å². The molecule has 18 heavy (non-hydrogen) atoms. The Morgan fingerprint density at radius 3 is 2.44 bits per heavy atom. The van der Waals surface area contributed by atoms with Crippen LogP contribution in [0.1, 0.15) is 19.2 Å². The highest BCUT2D eigenvalue weighted by atomic mass is 19.4. The zero-order valence-electron chi connectivity index (χ0n) is 9.69. The minimum atomic E-state index is -5.58. The minimum Gasteiger partial charge on any atom is -0.349 e. The van der Waals surface area contributed by atoms with Gasteiger partial charge in [-0.3, -0.25) is 0 Å². The highest BCUT2D eigenvalue weighted by Crippen LogP contribution is 2.38. The lowest BCUT2D eigenvalue weighted by Crippen LogP contribution is -2.55. The van der Waals surface area contributed by atoms with Crippen LogP contribution in [0, 0.1) is 0 Å². The molecular weight excluding hydrogens is 257 g/mol. The maximum atomic E-state index is 13.3. The maximum absolute atomic E-state index is 13.3. The van der Waals surface area contributed by atoms with Crippen LogP contribution >= 0.6 is 0 Å². The Morgan fingerprint density at radius 2 is 2.00 bits per heavy atom. The number of aromatic amines is 1. The Labute approximate surface area is 101 Å². The van der Waals surface area contributed by atoms with Crippen molar-refractivity contribution in [2.75, 3.05) is 6.54 Å².